The van der Waals surface area contributed by atoms with Crippen LogP contribution in [0.1, 0.15) is 261 Å². The molecule has 0 spiro atoms. The normalized spacial score (nSPS) is 14.6. The van der Waals surface area contributed by atoms with Gasteiger partial charge in [0.2, 0.25) is 0 Å². The van der Waals surface area contributed by atoms with Crippen LogP contribution in [0.15, 0.2) is 0 Å². The maximum Gasteiger partial charge on any atom is 0.305 e. The molecule has 1 aliphatic heterocycles. The molecule has 0 aromatic heterocycles. The standard InChI is InChI=1S/C72H138N4O14S2/c1-9-60(10-2)56-87-69(82)36-23-19-17-21-32-64(77)52-75(53-65(78)33-22-18-20-24-37-70(83)88-57-61(11-3)12-4)41-29-30-50-91-92-51-48-74-45-43-73(44-46-74)47-49-86-68(81)40-31-42-76(54-66(79)34-25-27-38-71(84)89-58-62(13-5)14-6)55-67(80)35-26-28-39-72(85)90-59-63(15-7)16-8/h60-67,77-80H,9-59H2,1-8H3. The van der Waals surface area contributed by atoms with Crippen molar-refractivity contribution in [1.82, 2.24) is 19.6 Å². The molecule has 4 atom stereocenters. The molecular formula is C72H138N4O14S2. The molecule has 0 amide bonds. The molecule has 1 aliphatic rings. The number of nitrogens with zero attached hydrogens (tertiary/aromatic N) is 4. The van der Waals surface area contributed by atoms with Gasteiger partial charge in [0.05, 0.1) is 50.8 Å². The number of aliphatic hydroxyl groups excluding tert-OH is 4. The number of piperazine rings is 1. The molecule has 0 aromatic carbocycles. The van der Waals surface area contributed by atoms with E-state index in [-0.39, 0.29) is 36.3 Å². The fraction of sp³-hybridized carbons (Fsp3) is 0.931. The van der Waals surface area contributed by atoms with E-state index in [1.54, 1.807) is 0 Å². The molecule has 20 heteroatoms. The Hall–Kier alpha value is -2.27. The van der Waals surface area contributed by atoms with Gasteiger partial charge >= 0.3 is 29.8 Å². The highest BCUT2D eigenvalue weighted by atomic mass is 33.1. The lowest BCUT2D eigenvalue weighted by atomic mass is 10.1. The van der Waals surface area contributed by atoms with Crippen LogP contribution in [-0.4, -0.2) is 217 Å². The second-order valence-electron chi connectivity index (χ2n) is 26.4. The Bertz CT molecular complexity index is 1680. The van der Waals surface area contributed by atoms with Crippen LogP contribution in [0, 0.1) is 23.7 Å². The van der Waals surface area contributed by atoms with E-state index in [9.17, 15) is 44.4 Å². The van der Waals surface area contributed by atoms with Gasteiger partial charge in [0.25, 0.3) is 0 Å². The smallest absolute Gasteiger partial charge is 0.305 e. The molecule has 1 fully saturated rings. The summed E-state index contributed by atoms with van der Waals surface area (Å²) in [6.45, 7) is 27.8. The summed E-state index contributed by atoms with van der Waals surface area (Å²) in [7, 11) is 3.83. The van der Waals surface area contributed by atoms with Crippen molar-refractivity contribution < 1.29 is 68.1 Å². The van der Waals surface area contributed by atoms with Gasteiger partial charge in [0.1, 0.15) is 6.61 Å². The molecule has 4 N–H and O–H groups in total. The van der Waals surface area contributed by atoms with E-state index < -0.39 is 24.4 Å². The van der Waals surface area contributed by atoms with Gasteiger partial charge in [-0.15, -0.1) is 0 Å². The van der Waals surface area contributed by atoms with Crippen LogP contribution >= 0.6 is 21.6 Å². The maximum atomic E-state index is 12.9. The van der Waals surface area contributed by atoms with E-state index in [0.29, 0.717) is 179 Å². The van der Waals surface area contributed by atoms with Gasteiger partial charge in [0, 0.05) is 109 Å². The Labute approximate surface area is 568 Å². The number of aliphatic hydroxyl groups is 4. The number of hydrogen-bond donors (Lipinski definition) is 4. The van der Waals surface area contributed by atoms with E-state index in [4.69, 9.17) is 23.7 Å². The fourth-order valence-electron chi connectivity index (χ4n) is 11.4. The third-order valence-corrected chi connectivity index (χ3v) is 21.1. The Morgan fingerprint density at radius 1 is 0.348 bits per heavy atom. The number of carbonyl (C=O) groups excluding carboxylic acids is 5. The number of ether oxygens (including phenoxy) is 5. The van der Waals surface area contributed by atoms with E-state index in [1.165, 1.54) is 0 Å². The minimum atomic E-state index is -0.652. The van der Waals surface area contributed by atoms with Crippen molar-refractivity contribution >= 4 is 51.4 Å². The summed E-state index contributed by atoms with van der Waals surface area (Å²) in [4.78, 5) is 71.0. The molecule has 92 heavy (non-hydrogen) atoms. The molecular weight excluding hydrogens is 1210 g/mol. The molecule has 0 aliphatic carbocycles. The van der Waals surface area contributed by atoms with Crippen molar-refractivity contribution in [2.45, 2.75) is 285 Å². The zero-order valence-corrected chi connectivity index (χ0v) is 61.3. The van der Waals surface area contributed by atoms with Crippen LogP contribution in [0.3, 0.4) is 0 Å². The van der Waals surface area contributed by atoms with Gasteiger partial charge < -0.3 is 44.1 Å². The van der Waals surface area contributed by atoms with Crippen LogP contribution in [0.2, 0.25) is 0 Å². The zero-order valence-electron chi connectivity index (χ0n) is 59.7. The summed E-state index contributed by atoms with van der Waals surface area (Å²) in [5, 5.41) is 44.3. The minimum Gasteiger partial charge on any atom is -0.465 e. The van der Waals surface area contributed by atoms with Crippen LogP contribution in [-0.2, 0) is 47.7 Å². The first kappa shape index (κ1) is 87.7. The number of carbonyl (C=O) groups is 5. The predicted molar refractivity (Wildman–Crippen MR) is 377 cm³/mol. The summed E-state index contributed by atoms with van der Waals surface area (Å²) in [6.07, 6.45) is 22.3. The lowest BCUT2D eigenvalue weighted by molar-refractivity contribution is -0.146. The van der Waals surface area contributed by atoms with Gasteiger partial charge in [-0.2, -0.15) is 0 Å². The number of unbranched alkanes of at least 4 members (excludes halogenated alkanes) is 9. The highest BCUT2D eigenvalue weighted by molar-refractivity contribution is 8.76. The summed E-state index contributed by atoms with van der Waals surface area (Å²) >= 11 is 0. The average Bonchev–Trinajstić information content (AvgIpc) is 2.68. The molecule has 18 nitrogen and oxygen atoms in total. The second-order valence-corrected chi connectivity index (χ2v) is 29.1. The van der Waals surface area contributed by atoms with E-state index in [0.717, 1.165) is 166 Å². The lowest BCUT2D eigenvalue weighted by Crippen LogP contribution is -2.47. The third kappa shape index (κ3) is 50.1. The molecule has 0 saturated carbocycles. The second kappa shape index (κ2) is 60.0. The molecule has 0 aromatic rings. The molecule has 1 heterocycles. The van der Waals surface area contributed by atoms with Crippen molar-refractivity contribution in [3.63, 3.8) is 0 Å². The Kier molecular flexibility index (Phi) is 57.2. The Balaban J connectivity index is 2.49. The van der Waals surface area contributed by atoms with Gasteiger partial charge in [0.15, 0.2) is 0 Å². The van der Waals surface area contributed by atoms with Crippen molar-refractivity contribution in [2.24, 2.45) is 23.7 Å². The van der Waals surface area contributed by atoms with E-state index in [1.807, 2.05) is 26.5 Å². The zero-order chi connectivity index (χ0) is 67.8. The topological polar surface area (TPSA) is 225 Å². The first-order valence-electron chi connectivity index (χ1n) is 37.1. The Morgan fingerprint density at radius 3 is 0.989 bits per heavy atom. The number of hydrogen-bond acceptors (Lipinski definition) is 20. The number of rotatable bonds is 64. The molecule has 0 radical (unpaired) electrons. The van der Waals surface area contributed by atoms with E-state index >= 15 is 0 Å². The fourth-order valence-corrected chi connectivity index (χ4v) is 13.6. The molecule has 4 unspecified atom stereocenters. The summed E-state index contributed by atoms with van der Waals surface area (Å²) in [5.41, 5.74) is 0. The minimum absolute atomic E-state index is 0.111. The highest BCUT2D eigenvalue weighted by Gasteiger charge is 2.22. The van der Waals surface area contributed by atoms with E-state index in [2.05, 4.69) is 70.1 Å². The SMILES string of the molecule is CCC(CC)COC(=O)CCCCCCC(O)CN(CCCCSSCCN1CCN(CCOC(=O)CCCN(CC(O)CCCCC(=O)OCC(CC)CC)CC(O)CCCCC(=O)OCC(CC)CC)CC1)CC(O)CCCCCCC(=O)OCC(CC)CC. The van der Waals surface area contributed by atoms with Crippen LogP contribution < -0.4 is 0 Å². The van der Waals surface area contributed by atoms with Gasteiger partial charge in [-0.05, 0) is 107 Å². The van der Waals surface area contributed by atoms with Crippen molar-refractivity contribution in [2.75, 3.05) is 123 Å². The molecule has 1 saturated heterocycles. The van der Waals surface area contributed by atoms with Crippen molar-refractivity contribution in [3.05, 3.63) is 0 Å². The summed E-state index contributed by atoms with van der Waals surface area (Å²) in [5.74, 6) is 2.84. The monoisotopic (exact) mass is 1350 g/mol. The highest BCUT2D eigenvalue weighted by Crippen LogP contribution is 2.24. The molecule has 542 valence electrons. The third-order valence-electron chi connectivity index (χ3n) is 18.6. The number of esters is 5. The van der Waals surface area contributed by atoms with Crippen molar-refractivity contribution in [3.8, 4) is 0 Å². The van der Waals surface area contributed by atoms with Gasteiger partial charge in [-0.3, -0.25) is 43.6 Å². The predicted octanol–water partition coefficient (Wildman–Crippen LogP) is 12.9. The summed E-state index contributed by atoms with van der Waals surface area (Å²) in [6, 6.07) is 0. The quantitative estimate of drug-likeness (QED) is 0.0192. The van der Waals surface area contributed by atoms with Crippen molar-refractivity contribution in [1.29, 1.82) is 0 Å². The molecule has 0 bridgehead atoms. The lowest BCUT2D eigenvalue weighted by Gasteiger charge is -2.34. The molecule has 1 rings (SSSR count). The van der Waals surface area contributed by atoms with Gasteiger partial charge in [-0.25, -0.2) is 0 Å². The Morgan fingerprint density at radius 2 is 0.630 bits per heavy atom. The largest absolute Gasteiger partial charge is 0.465 e. The van der Waals surface area contributed by atoms with Crippen LogP contribution in [0.5, 0.6) is 0 Å². The van der Waals surface area contributed by atoms with Crippen LogP contribution in [0.4, 0.5) is 0 Å². The summed E-state index contributed by atoms with van der Waals surface area (Å²) < 4.78 is 27.6. The maximum absolute atomic E-state index is 12.9. The average molecular weight is 1350 g/mol. The first-order chi connectivity index (χ1) is 44.5. The first-order valence-corrected chi connectivity index (χ1v) is 39.6. The van der Waals surface area contributed by atoms with Gasteiger partial charge in [-0.1, -0.05) is 180 Å². The van der Waals surface area contributed by atoms with Crippen LogP contribution in [0.25, 0.3) is 0 Å².